The SMILES string of the molecule is CC(=O)O[C@H]1[C@H](O[C@@H]2O[C@H](CO)[C@@H](O)[C@H](O)[C@H]2O)[C@@H](C)CN[C@@]12O[C@H]1CC3[C@@H]4CC[C@H]5C[C@@H](O[C@@H]6O[C@H](CO)[C@H](O[C@@H]7O[C@H](CO)[C@@H](O)[C@H](O[C@@H]8OC[C@@H](O)[C@H](O)[C@H]8O)[C@H]7O[C@@H]7O[C@H](CO)[C@@H](O)[C@H](O)[C@H]7O)[C@H](O)[C@H]6O)CC[C@]5(C)C4CC[C@]3(C)[C@H]1[C@@H]2C. The zero-order chi connectivity index (χ0) is 63.4. The van der Waals surface area contributed by atoms with Gasteiger partial charge in [-0.2, -0.15) is 0 Å². The lowest BCUT2D eigenvalue weighted by Crippen LogP contribution is -2.71. The van der Waals surface area contributed by atoms with Gasteiger partial charge in [-0.25, -0.2) is 0 Å². The van der Waals surface area contributed by atoms with Gasteiger partial charge in [0.05, 0.1) is 45.2 Å². The molecule has 2 unspecified atom stereocenters. The van der Waals surface area contributed by atoms with Crippen LogP contribution in [0.1, 0.15) is 86.0 Å². The summed E-state index contributed by atoms with van der Waals surface area (Å²) in [5.41, 5.74) is -1.41. The molecule has 0 aromatic rings. The second kappa shape index (κ2) is 26.5. The van der Waals surface area contributed by atoms with Crippen LogP contribution in [-0.4, -0.2) is 305 Å². The fraction of sp³-hybridized carbons (Fsp3) is 0.983. The van der Waals surface area contributed by atoms with Crippen LogP contribution >= 0.6 is 0 Å². The molecule has 11 aliphatic rings. The molecule has 11 rings (SSSR count). The third kappa shape index (κ3) is 11.7. The van der Waals surface area contributed by atoms with Crippen LogP contribution in [0.4, 0.5) is 0 Å². The number of rotatable bonds is 15. The predicted octanol–water partition coefficient (Wildman–Crippen LogP) is -6.36. The van der Waals surface area contributed by atoms with E-state index in [0.717, 1.165) is 38.5 Å². The van der Waals surface area contributed by atoms with Crippen molar-refractivity contribution in [2.75, 3.05) is 39.6 Å². The van der Waals surface area contributed by atoms with Crippen molar-refractivity contribution in [2.24, 2.45) is 52.3 Å². The van der Waals surface area contributed by atoms with E-state index >= 15 is 0 Å². The number of aliphatic hydroxyl groups is 16. The maximum atomic E-state index is 13.0. The monoisotopic (exact) mass is 1270 g/mol. The first-order valence-electron chi connectivity index (χ1n) is 31.5. The van der Waals surface area contributed by atoms with Crippen LogP contribution in [0, 0.1) is 52.3 Å². The minimum absolute atomic E-state index is 0.0616. The highest BCUT2D eigenvalue weighted by atomic mass is 16.8. The molecule has 11 fully saturated rings. The van der Waals surface area contributed by atoms with Gasteiger partial charge < -0.3 is 139 Å². The average molecular weight is 1270 g/mol. The normalized spacial score (nSPS) is 56.4. The number of carbonyl (C=O) groups is 1. The Labute approximate surface area is 508 Å². The molecule has 0 amide bonds. The molecule has 1 spiro atoms. The van der Waals surface area contributed by atoms with Crippen molar-refractivity contribution in [3.05, 3.63) is 0 Å². The van der Waals surface area contributed by atoms with Crippen LogP contribution in [0.3, 0.4) is 0 Å². The fourth-order valence-corrected chi connectivity index (χ4v) is 18.0. The van der Waals surface area contributed by atoms with Crippen LogP contribution in [0.25, 0.3) is 0 Å². The first-order valence-corrected chi connectivity index (χ1v) is 31.5. The van der Waals surface area contributed by atoms with Gasteiger partial charge >= 0.3 is 5.97 Å². The summed E-state index contributed by atoms with van der Waals surface area (Å²) in [5.74, 6) is 0.294. The Morgan fingerprint density at radius 3 is 1.68 bits per heavy atom. The highest BCUT2D eigenvalue weighted by Gasteiger charge is 2.72. The van der Waals surface area contributed by atoms with E-state index < -0.39 is 210 Å². The summed E-state index contributed by atoms with van der Waals surface area (Å²) in [6, 6.07) is 0. The van der Waals surface area contributed by atoms with Crippen molar-refractivity contribution in [1.82, 2.24) is 5.32 Å². The van der Waals surface area contributed by atoms with Gasteiger partial charge in [0, 0.05) is 19.4 Å². The summed E-state index contributed by atoms with van der Waals surface area (Å²) >= 11 is 0. The quantitative estimate of drug-likeness (QED) is 0.0536. The Morgan fingerprint density at radius 2 is 1.06 bits per heavy atom. The molecule has 38 atom stereocenters. The topological polar surface area (TPSA) is 464 Å². The van der Waals surface area contributed by atoms with Gasteiger partial charge in [-0.3, -0.25) is 10.1 Å². The first-order chi connectivity index (χ1) is 41.7. The van der Waals surface area contributed by atoms with Crippen molar-refractivity contribution >= 4 is 5.97 Å². The van der Waals surface area contributed by atoms with Gasteiger partial charge in [0.2, 0.25) is 0 Å². The molecule has 7 heterocycles. The molecule has 506 valence electrons. The highest BCUT2D eigenvalue weighted by molar-refractivity contribution is 5.66. The maximum absolute atomic E-state index is 13.0. The Balaban J connectivity index is 0.751. The van der Waals surface area contributed by atoms with Gasteiger partial charge in [-0.05, 0) is 97.7 Å². The van der Waals surface area contributed by atoms with E-state index in [9.17, 15) is 86.5 Å². The van der Waals surface area contributed by atoms with Gasteiger partial charge in [-0.15, -0.1) is 0 Å². The Bertz CT molecular complexity index is 2350. The van der Waals surface area contributed by atoms with Crippen molar-refractivity contribution in [2.45, 2.75) is 264 Å². The summed E-state index contributed by atoms with van der Waals surface area (Å²) in [6.07, 6.45) is -37.3. The zero-order valence-electron chi connectivity index (χ0n) is 50.1. The second-order valence-corrected chi connectivity index (χ2v) is 27.6. The van der Waals surface area contributed by atoms with Gasteiger partial charge in [0.25, 0.3) is 0 Å². The van der Waals surface area contributed by atoms with Crippen molar-refractivity contribution in [3.8, 4) is 0 Å². The molecule has 0 aromatic carbocycles. The molecular weight excluding hydrogens is 1170 g/mol. The summed E-state index contributed by atoms with van der Waals surface area (Å²) in [6.45, 7) is 6.73. The molecule has 0 aromatic heterocycles. The number of fused-ring (bicyclic) bond motifs is 7. The largest absolute Gasteiger partial charge is 0.455 e. The minimum Gasteiger partial charge on any atom is -0.455 e. The van der Waals surface area contributed by atoms with E-state index in [1.807, 2.05) is 6.92 Å². The number of hydrogen-bond acceptors (Lipinski definition) is 30. The molecule has 7 aliphatic heterocycles. The van der Waals surface area contributed by atoms with Crippen LogP contribution in [-0.2, 0) is 61.6 Å². The van der Waals surface area contributed by atoms with Crippen LogP contribution in [0.5, 0.6) is 0 Å². The summed E-state index contributed by atoms with van der Waals surface area (Å²) in [5, 5.41) is 176. The lowest BCUT2D eigenvalue weighted by Gasteiger charge is -2.61. The Kier molecular flexibility index (Phi) is 20.4. The molecule has 17 N–H and O–H groups in total. The number of esters is 1. The standard InChI is InChI=1S/C58H95NO29/c1-20-14-59-58(50(78-22(3)64)46(20)84-53-43(74)39(70)36(67)30(15-60)80-53)21(2)34-29(88-58)13-27-25-7-6-23-12-24(8-10-56(23,4)26(25)9-11-57(27,34)5)79-52-45(76)41(72)47(33(18-63)83-52)85-55-49(87-54-44(75)40(71)37(68)31(16-61)81-54)48(38(69)32(17-62)82-55)86-51-42(73)35(66)28(65)19-77-51/h20-21,23-55,59-63,65-76H,6-19H2,1-5H3/t20-,21-,23-,24-,25+,26?,27?,28+,29-,30+,31+,32+,33+,34-,35-,36+,37+,38+,39-,40-,41+,42+,43+,44+,45+,46+,47-,48-,49+,50-,51-,52+,53-,54-,55-,56-,57-,58-/m0/s1. The number of ether oxygens (including phenoxy) is 12. The number of carbonyl (C=O) groups excluding carboxylic acids is 1. The van der Waals surface area contributed by atoms with Crippen molar-refractivity contribution < 1.29 is 143 Å². The molecule has 30 heteroatoms. The van der Waals surface area contributed by atoms with Crippen LogP contribution < -0.4 is 5.32 Å². The van der Waals surface area contributed by atoms with E-state index in [-0.39, 0.29) is 40.6 Å². The second-order valence-electron chi connectivity index (χ2n) is 27.6. The number of aliphatic hydroxyl groups excluding tert-OH is 16. The highest BCUT2D eigenvalue weighted by Crippen LogP contribution is 2.71. The zero-order valence-corrected chi connectivity index (χ0v) is 50.1. The van der Waals surface area contributed by atoms with E-state index in [1.54, 1.807) is 0 Å². The van der Waals surface area contributed by atoms with E-state index in [4.69, 9.17) is 56.8 Å². The summed E-state index contributed by atoms with van der Waals surface area (Å²) < 4.78 is 73.6. The number of piperidine rings is 1. The molecular formula is C58H95NO29. The van der Waals surface area contributed by atoms with Gasteiger partial charge in [-0.1, -0.05) is 27.7 Å². The molecule has 7 saturated heterocycles. The first kappa shape index (κ1) is 67.8. The Hall–Kier alpha value is -1.65. The lowest BCUT2D eigenvalue weighted by molar-refractivity contribution is -0.404. The smallest absolute Gasteiger partial charge is 0.303 e. The average Bonchev–Trinajstić information content (AvgIpc) is 1.50. The number of nitrogens with one attached hydrogen (secondary N) is 1. The van der Waals surface area contributed by atoms with Crippen LogP contribution in [0.2, 0.25) is 0 Å². The molecule has 4 aliphatic carbocycles. The Morgan fingerprint density at radius 1 is 0.523 bits per heavy atom. The number of hydrogen-bond donors (Lipinski definition) is 17. The van der Waals surface area contributed by atoms with Crippen molar-refractivity contribution in [3.63, 3.8) is 0 Å². The minimum atomic E-state index is -2.03. The maximum Gasteiger partial charge on any atom is 0.303 e. The lowest BCUT2D eigenvalue weighted by atomic mass is 9.44. The fourth-order valence-electron chi connectivity index (χ4n) is 18.0. The summed E-state index contributed by atoms with van der Waals surface area (Å²) in [7, 11) is 0. The predicted molar refractivity (Wildman–Crippen MR) is 289 cm³/mol. The van der Waals surface area contributed by atoms with Crippen LogP contribution in [0.15, 0.2) is 0 Å². The summed E-state index contributed by atoms with van der Waals surface area (Å²) in [4.78, 5) is 13.0. The van der Waals surface area contributed by atoms with E-state index in [0.29, 0.717) is 37.1 Å². The molecule has 88 heavy (non-hydrogen) atoms. The molecule has 4 saturated carbocycles. The molecule has 0 bridgehead atoms. The molecule has 0 radical (unpaired) electrons. The van der Waals surface area contributed by atoms with Gasteiger partial charge in [0.1, 0.15) is 122 Å². The molecule has 30 nitrogen and oxygen atoms in total. The van der Waals surface area contributed by atoms with Gasteiger partial charge in [0.15, 0.2) is 43.3 Å². The third-order valence-electron chi connectivity index (χ3n) is 22.8. The van der Waals surface area contributed by atoms with Crippen molar-refractivity contribution in [1.29, 1.82) is 0 Å². The van der Waals surface area contributed by atoms with E-state index in [1.165, 1.54) is 6.92 Å². The third-order valence-corrected chi connectivity index (χ3v) is 22.8. The van der Waals surface area contributed by atoms with E-state index in [2.05, 4.69) is 26.1 Å².